The Labute approximate surface area is 153 Å². The van der Waals surface area contributed by atoms with E-state index in [1.165, 1.54) is 0 Å². The van der Waals surface area contributed by atoms with Gasteiger partial charge in [-0.3, -0.25) is 14.4 Å². The molecule has 2 fully saturated rings. The van der Waals surface area contributed by atoms with Crippen LogP contribution in [0.3, 0.4) is 0 Å². The fraction of sp³-hybridized carbons (Fsp3) is 0.450. The fourth-order valence-corrected chi connectivity index (χ4v) is 3.55. The molecule has 1 unspecified atom stereocenters. The molecule has 2 heterocycles. The van der Waals surface area contributed by atoms with Gasteiger partial charge < -0.3 is 15.1 Å². The lowest BCUT2D eigenvalue weighted by molar-refractivity contribution is -0.127. The van der Waals surface area contributed by atoms with Crippen LogP contribution in [0.25, 0.3) is 0 Å². The standard InChI is InChI=1S/C20H25N3O3/c1-3-8-23-13-16(12-18(23)24)19(25)21-17-7-6-15(11-14(17)2)20(26)22-9-4-5-10-22/h3,6-7,11,16H,1,4-5,8-10,12-13H2,2H3,(H,21,25). The van der Waals surface area contributed by atoms with Crippen molar-refractivity contribution in [2.24, 2.45) is 5.92 Å². The van der Waals surface area contributed by atoms with E-state index < -0.39 is 0 Å². The van der Waals surface area contributed by atoms with Crippen LogP contribution in [0.2, 0.25) is 0 Å². The summed E-state index contributed by atoms with van der Waals surface area (Å²) >= 11 is 0. The van der Waals surface area contributed by atoms with Crippen molar-refractivity contribution in [3.05, 3.63) is 42.0 Å². The van der Waals surface area contributed by atoms with Crippen LogP contribution in [-0.2, 0) is 9.59 Å². The van der Waals surface area contributed by atoms with E-state index in [0.29, 0.717) is 24.3 Å². The highest BCUT2D eigenvalue weighted by atomic mass is 16.2. The van der Waals surface area contributed by atoms with Gasteiger partial charge >= 0.3 is 0 Å². The van der Waals surface area contributed by atoms with Crippen LogP contribution in [-0.4, -0.2) is 53.7 Å². The van der Waals surface area contributed by atoms with Crippen LogP contribution in [0.15, 0.2) is 30.9 Å². The lowest BCUT2D eigenvalue weighted by Gasteiger charge is -2.17. The zero-order valence-electron chi connectivity index (χ0n) is 15.2. The molecule has 3 amide bonds. The second-order valence-electron chi connectivity index (χ2n) is 7.01. The molecule has 2 aliphatic heterocycles. The lowest BCUT2D eigenvalue weighted by Crippen LogP contribution is -2.29. The molecule has 2 saturated heterocycles. The van der Waals surface area contributed by atoms with E-state index >= 15 is 0 Å². The van der Waals surface area contributed by atoms with E-state index in [9.17, 15) is 14.4 Å². The van der Waals surface area contributed by atoms with Crippen molar-refractivity contribution in [1.29, 1.82) is 0 Å². The molecule has 0 bridgehead atoms. The highest BCUT2D eigenvalue weighted by molar-refractivity contribution is 5.99. The van der Waals surface area contributed by atoms with Gasteiger partial charge in [-0.25, -0.2) is 0 Å². The Morgan fingerprint density at radius 1 is 1.31 bits per heavy atom. The zero-order chi connectivity index (χ0) is 18.7. The van der Waals surface area contributed by atoms with Gasteiger partial charge in [0.05, 0.1) is 5.92 Å². The van der Waals surface area contributed by atoms with Crippen LogP contribution in [0.1, 0.15) is 35.2 Å². The maximum absolute atomic E-state index is 12.5. The minimum absolute atomic E-state index is 0.0201. The van der Waals surface area contributed by atoms with E-state index in [2.05, 4.69) is 11.9 Å². The molecule has 0 aromatic heterocycles. The van der Waals surface area contributed by atoms with E-state index in [1.807, 2.05) is 17.9 Å². The number of aryl methyl sites for hydroxylation is 1. The smallest absolute Gasteiger partial charge is 0.253 e. The van der Waals surface area contributed by atoms with Crippen LogP contribution < -0.4 is 5.32 Å². The molecule has 138 valence electrons. The summed E-state index contributed by atoms with van der Waals surface area (Å²) in [5.41, 5.74) is 2.17. The van der Waals surface area contributed by atoms with Gasteiger partial charge in [0.2, 0.25) is 11.8 Å². The first-order chi connectivity index (χ1) is 12.5. The molecular weight excluding hydrogens is 330 g/mol. The first kappa shape index (κ1) is 18.2. The first-order valence-electron chi connectivity index (χ1n) is 9.09. The number of rotatable bonds is 5. The largest absolute Gasteiger partial charge is 0.339 e. The summed E-state index contributed by atoms with van der Waals surface area (Å²) in [6.07, 6.45) is 4.01. The number of likely N-dealkylation sites (tertiary alicyclic amines) is 2. The molecule has 3 rings (SSSR count). The van der Waals surface area contributed by atoms with Crippen molar-refractivity contribution < 1.29 is 14.4 Å². The molecule has 2 aliphatic rings. The summed E-state index contributed by atoms with van der Waals surface area (Å²) in [5, 5.41) is 2.90. The topological polar surface area (TPSA) is 69.7 Å². The number of nitrogens with zero attached hydrogens (tertiary/aromatic N) is 2. The van der Waals surface area contributed by atoms with E-state index in [1.54, 1.807) is 23.1 Å². The van der Waals surface area contributed by atoms with Gasteiger partial charge in [0, 0.05) is 43.9 Å². The number of carbonyl (C=O) groups is 3. The Balaban J connectivity index is 1.65. The fourth-order valence-electron chi connectivity index (χ4n) is 3.55. The molecule has 1 aromatic carbocycles. The normalized spacial score (nSPS) is 19.7. The molecule has 6 nitrogen and oxygen atoms in total. The van der Waals surface area contributed by atoms with Crippen molar-refractivity contribution in [2.45, 2.75) is 26.2 Å². The van der Waals surface area contributed by atoms with Crippen molar-refractivity contribution in [1.82, 2.24) is 9.80 Å². The average Bonchev–Trinajstić information content (AvgIpc) is 3.27. The molecule has 0 aliphatic carbocycles. The summed E-state index contributed by atoms with van der Waals surface area (Å²) in [7, 11) is 0. The molecule has 26 heavy (non-hydrogen) atoms. The minimum Gasteiger partial charge on any atom is -0.339 e. The maximum atomic E-state index is 12.5. The second-order valence-corrected chi connectivity index (χ2v) is 7.01. The highest BCUT2D eigenvalue weighted by Crippen LogP contribution is 2.23. The molecule has 1 N–H and O–H groups in total. The average molecular weight is 355 g/mol. The molecule has 0 spiro atoms. The quantitative estimate of drug-likeness (QED) is 0.823. The van der Waals surface area contributed by atoms with Crippen molar-refractivity contribution in [2.75, 3.05) is 31.5 Å². The SMILES string of the molecule is C=CCN1CC(C(=O)Nc2ccc(C(=O)N3CCCC3)cc2C)CC1=O. The Morgan fingerprint density at radius 3 is 2.69 bits per heavy atom. The Hall–Kier alpha value is -2.63. The Kier molecular flexibility index (Phi) is 5.40. The third-order valence-corrected chi connectivity index (χ3v) is 5.06. The van der Waals surface area contributed by atoms with Gasteiger partial charge in [-0.2, -0.15) is 0 Å². The van der Waals surface area contributed by atoms with Crippen LogP contribution >= 0.6 is 0 Å². The summed E-state index contributed by atoms with van der Waals surface area (Å²) in [5.74, 6) is -0.488. The third-order valence-electron chi connectivity index (χ3n) is 5.06. The number of anilines is 1. The zero-order valence-corrected chi connectivity index (χ0v) is 15.2. The van der Waals surface area contributed by atoms with Crippen molar-refractivity contribution in [3.63, 3.8) is 0 Å². The molecule has 6 heteroatoms. The summed E-state index contributed by atoms with van der Waals surface area (Å²) in [6, 6.07) is 5.35. The number of amides is 3. The number of hydrogen-bond donors (Lipinski definition) is 1. The van der Waals surface area contributed by atoms with E-state index in [-0.39, 0.29) is 30.1 Å². The van der Waals surface area contributed by atoms with Gasteiger partial charge in [-0.1, -0.05) is 6.08 Å². The van der Waals surface area contributed by atoms with Gasteiger partial charge in [-0.15, -0.1) is 6.58 Å². The predicted octanol–water partition coefficient (Wildman–Crippen LogP) is 2.20. The molecule has 0 saturated carbocycles. The van der Waals surface area contributed by atoms with Gasteiger partial charge in [0.25, 0.3) is 5.91 Å². The monoisotopic (exact) mass is 355 g/mol. The highest BCUT2D eigenvalue weighted by Gasteiger charge is 2.33. The minimum atomic E-state index is -0.354. The summed E-state index contributed by atoms with van der Waals surface area (Å²) in [6.45, 7) is 8.02. The van der Waals surface area contributed by atoms with E-state index in [0.717, 1.165) is 31.5 Å². The van der Waals surface area contributed by atoms with Crippen LogP contribution in [0.5, 0.6) is 0 Å². The first-order valence-corrected chi connectivity index (χ1v) is 9.09. The molecular formula is C20H25N3O3. The van der Waals surface area contributed by atoms with Gasteiger partial charge in [0.1, 0.15) is 0 Å². The molecule has 1 atom stereocenters. The second kappa shape index (κ2) is 7.72. The summed E-state index contributed by atoms with van der Waals surface area (Å²) in [4.78, 5) is 40.4. The summed E-state index contributed by atoms with van der Waals surface area (Å²) < 4.78 is 0. The van der Waals surface area contributed by atoms with E-state index in [4.69, 9.17) is 0 Å². The van der Waals surface area contributed by atoms with Crippen molar-refractivity contribution in [3.8, 4) is 0 Å². The Bertz CT molecular complexity index is 738. The van der Waals surface area contributed by atoms with Gasteiger partial charge in [0.15, 0.2) is 0 Å². The molecule has 1 aromatic rings. The Morgan fingerprint density at radius 2 is 2.04 bits per heavy atom. The maximum Gasteiger partial charge on any atom is 0.253 e. The van der Waals surface area contributed by atoms with Crippen LogP contribution in [0, 0.1) is 12.8 Å². The third kappa shape index (κ3) is 3.79. The number of hydrogen-bond acceptors (Lipinski definition) is 3. The predicted molar refractivity (Wildman–Crippen MR) is 99.8 cm³/mol. The molecule has 0 radical (unpaired) electrons. The number of benzene rings is 1. The lowest BCUT2D eigenvalue weighted by atomic mass is 10.1. The van der Waals surface area contributed by atoms with Crippen molar-refractivity contribution >= 4 is 23.4 Å². The number of carbonyl (C=O) groups excluding carboxylic acids is 3. The van der Waals surface area contributed by atoms with Crippen LogP contribution in [0.4, 0.5) is 5.69 Å². The van der Waals surface area contributed by atoms with Gasteiger partial charge in [-0.05, 0) is 43.5 Å². The number of nitrogens with one attached hydrogen (secondary N) is 1.